The van der Waals surface area contributed by atoms with Crippen LogP contribution in [0.5, 0.6) is 0 Å². The van der Waals surface area contributed by atoms with Crippen LogP contribution in [0.1, 0.15) is 32.6 Å². The summed E-state index contributed by atoms with van der Waals surface area (Å²) in [6, 6.07) is -0.490. The first-order chi connectivity index (χ1) is 5.70. The zero-order valence-corrected chi connectivity index (χ0v) is 7.45. The maximum atomic E-state index is 11.1. The molecule has 3 heteroatoms. The Hall–Kier alpha value is -0.570. The molecule has 1 atom stereocenters. The average Bonchev–Trinajstić information content (AvgIpc) is 2.06. The van der Waals surface area contributed by atoms with E-state index in [1.165, 1.54) is 0 Å². The monoisotopic (exact) mass is 170 g/mol. The number of rotatable bonds is 2. The summed E-state index contributed by atoms with van der Waals surface area (Å²) in [5, 5.41) is 0. The summed E-state index contributed by atoms with van der Waals surface area (Å²) in [6.07, 6.45) is 6.36. The minimum absolute atomic E-state index is 0.105. The van der Waals surface area contributed by atoms with E-state index in [1.807, 2.05) is 0 Å². The third-order valence-corrected chi connectivity index (χ3v) is 2.04. The first-order valence-corrected chi connectivity index (χ1v) is 4.48. The van der Waals surface area contributed by atoms with E-state index in [1.54, 1.807) is 6.92 Å². The van der Waals surface area contributed by atoms with Crippen molar-refractivity contribution in [2.75, 3.05) is 0 Å². The maximum Gasteiger partial charge on any atom is 0.322 e. The van der Waals surface area contributed by atoms with Crippen LogP contribution in [0.15, 0.2) is 0 Å². The largest absolute Gasteiger partial charge is 0.461 e. The van der Waals surface area contributed by atoms with Crippen molar-refractivity contribution in [2.24, 2.45) is 5.73 Å². The normalized spacial score (nSPS) is 21.8. The van der Waals surface area contributed by atoms with Crippen molar-refractivity contribution >= 4 is 5.97 Å². The second kappa shape index (κ2) is 4.45. The number of hydrogen-bond acceptors (Lipinski definition) is 3. The molecular formula is C9H16NO2. The molecular weight excluding hydrogens is 154 g/mol. The minimum Gasteiger partial charge on any atom is -0.461 e. The van der Waals surface area contributed by atoms with Gasteiger partial charge in [-0.05, 0) is 39.0 Å². The van der Waals surface area contributed by atoms with Gasteiger partial charge in [-0.1, -0.05) is 0 Å². The fourth-order valence-corrected chi connectivity index (χ4v) is 1.29. The van der Waals surface area contributed by atoms with Crippen molar-refractivity contribution in [3.8, 4) is 0 Å². The van der Waals surface area contributed by atoms with Crippen molar-refractivity contribution in [3.63, 3.8) is 0 Å². The highest BCUT2D eigenvalue weighted by Gasteiger charge is 2.19. The lowest BCUT2D eigenvalue weighted by atomic mass is 9.98. The van der Waals surface area contributed by atoms with Gasteiger partial charge in [0.2, 0.25) is 0 Å². The van der Waals surface area contributed by atoms with Crippen molar-refractivity contribution in [1.82, 2.24) is 0 Å². The molecule has 12 heavy (non-hydrogen) atoms. The van der Waals surface area contributed by atoms with Gasteiger partial charge in [0, 0.05) is 0 Å². The predicted octanol–water partition coefficient (Wildman–Crippen LogP) is 1.02. The Morgan fingerprint density at radius 3 is 2.67 bits per heavy atom. The molecule has 1 saturated carbocycles. The van der Waals surface area contributed by atoms with Gasteiger partial charge < -0.3 is 10.5 Å². The molecule has 0 aromatic carbocycles. The van der Waals surface area contributed by atoms with E-state index in [9.17, 15) is 4.79 Å². The third-order valence-electron chi connectivity index (χ3n) is 2.04. The van der Waals surface area contributed by atoms with Crippen LogP contribution in [0.4, 0.5) is 0 Å². The van der Waals surface area contributed by atoms with Crippen LogP contribution < -0.4 is 5.73 Å². The van der Waals surface area contributed by atoms with E-state index in [-0.39, 0.29) is 12.1 Å². The van der Waals surface area contributed by atoms with Crippen molar-refractivity contribution in [1.29, 1.82) is 0 Å². The topological polar surface area (TPSA) is 52.3 Å². The highest BCUT2D eigenvalue weighted by Crippen LogP contribution is 2.19. The van der Waals surface area contributed by atoms with Crippen LogP contribution >= 0.6 is 0 Å². The Bertz CT molecular complexity index is 151. The summed E-state index contributed by atoms with van der Waals surface area (Å²) in [4.78, 5) is 11.1. The third kappa shape index (κ3) is 2.81. The van der Waals surface area contributed by atoms with E-state index in [2.05, 4.69) is 6.42 Å². The Balaban J connectivity index is 2.24. The summed E-state index contributed by atoms with van der Waals surface area (Å²) >= 11 is 0. The van der Waals surface area contributed by atoms with Gasteiger partial charge in [-0.3, -0.25) is 4.79 Å². The minimum atomic E-state index is -0.490. The zero-order valence-electron chi connectivity index (χ0n) is 7.45. The van der Waals surface area contributed by atoms with Crippen LogP contribution in [-0.2, 0) is 9.53 Å². The molecule has 0 aromatic rings. The maximum absolute atomic E-state index is 11.1. The summed E-state index contributed by atoms with van der Waals surface area (Å²) in [5.41, 5.74) is 5.37. The van der Waals surface area contributed by atoms with Gasteiger partial charge in [0.25, 0.3) is 0 Å². The van der Waals surface area contributed by atoms with Gasteiger partial charge in [0.1, 0.15) is 12.1 Å². The molecule has 1 fully saturated rings. The number of esters is 1. The molecule has 0 aromatic heterocycles. The smallest absolute Gasteiger partial charge is 0.322 e. The van der Waals surface area contributed by atoms with E-state index in [0.717, 1.165) is 25.7 Å². The van der Waals surface area contributed by atoms with E-state index in [4.69, 9.17) is 10.5 Å². The molecule has 69 valence electrons. The molecule has 0 aliphatic heterocycles. The van der Waals surface area contributed by atoms with E-state index < -0.39 is 6.04 Å². The second-order valence-corrected chi connectivity index (χ2v) is 3.29. The molecule has 0 heterocycles. The van der Waals surface area contributed by atoms with Crippen LogP contribution in [0.2, 0.25) is 0 Å². The van der Waals surface area contributed by atoms with E-state index in [0.29, 0.717) is 0 Å². The molecule has 0 saturated heterocycles. The fourth-order valence-electron chi connectivity index (χ4n) is 1.29. The molecule has 1 unspecified atom stereocenters. The van der Waals surface area contributed by atoms with Gasteiger partial charge >= 0.3 is 5.97 Å². The highest BCUT2D eigenvalue weighted by molar-refractivity contribution is 5.75. The zero-order chi connectivity index (χ0) is 8.97. The molecule has 0 bridgehead atoms. The fraction of sp³-hybridized carbons (Fsp3) is 0.778. The summed E-state index contributed by atoms with van der Waals surface area (Å²) in [7, 11) is 0. The van der Waals surface area contributed by atoms with E-state index >= 15 is 0 Å². The van der Waals surface area contributed by atoms with Crippen LogP contribution in [0, 0.1) is 6.42 Å². The van der Waals surface area contributed by atoms with Gasteiger partial charge in [-0.15, -0.1) is 0 Å². The lowest BCUT2D eigenvalue weighted by molar-refractivity contribution is -0.151. The first-order valence-electron chi connectivity index (χ1n) is 4.48. The van der Waals surface area contributed by atoms with Crippen molar-refractivity contribution in [3.05, 3.63) is 6.42 Å². The predicted molar refractivity (Wildman–Crippen MR) is 46.3 cm³/mol. The number of ether oxygens (including phenoxy) is 1. The number of carbonyl (C=O) groups is 1. The van der Waals surface area contributed by atoms with Gasteiger partial charge in [0.15, 0.2) is 0 Å². The Kier molecular flexibility index (Phi) is 3.53. The quantitative estimate of drug-likeness (QED) is 0.629. The molecule has 3 nitrogen and oxygen atoms in total. The summed E-state index contributed by atoms with van der Waals surface area (Å²) < 4.78 is 5.17. The van der Waals surface area contributed by atoms with Gasteiger partial charge in [0.05, 0.1) is 0 Å². The average molecular weight is 170 g/mol. The Labute approximate surface area is 73.3 Å². The highest BCUT2D eigenvalue weighted by atomic mass is 16.5. The molecule has 1 aliphatic carbocycles. The number of nitrogens with two attached hydrogens (primary N) is 1. The molecule has 1 aliphatic rings. The lowest BCUT2D eigenvalue weighted by Crippen LogP contribution is -2.33. The van der Waals surface area contributed by atoms with Gasteiger partial charge in [-0.2, -0.15) is 0 Å². The van der Waals surface area contributed by atoms with Crippen LogP contribution in [-0.4, -0.2) is 18.1 Å². The molecule has 1 rings (SSSR count). The lowest BCUT2D eigenvalue weighted by Gasteiger charge is -2.22. The van der Waals surface area contributed by atoms with Gasteiger partial charge in [-0.25, -0.2) is 0 Å². The summed E-state index contributed by atoms with van der Waals surface area (Å²) in [5.74, 6) is -0.276. The molecule has 1 radical (unpaired) electrons. The van der Waals surface area contributed by atoms with Crippen LogP contribution in [0.25, 0.3) is 0 Å². The first kappa shape index (κ1) is 9.52. The number of hydrogen-bond donors (Lipinski definition) is 1. The standard InChI is InChI=1S/C9H16NO2/c1-7(10)9(11)12-8-5-3-2-4-6-8/h2,7-8H,3-6,10H2,1H3. The van der Waals surface area contributed by atoms with Crippen molar-refractivity contribution < 1.29 is 9.53 Å². The molecule has 0 amide bonds. The summed E-state index contributed by atoms with van der Waals surface area (Å²) in [6.45, 7) is 1.65. The molecule has 2 N–H and O–H groups in total. The number of carbonyl (C=O) groups excluding carboxylic acids is 1. The Morgan fingerprint density at radius 1 is 1.58 bits per heavy atom. The Morgan fingerprint density at radius 2 is 2.17 bits per heavy atom. The second-order valence-electron chi connectivity index (χ2n) is 3.29. The van der Waals surface area contributed by atoms with Crippen LogP contribution in [0.3, 0.4) is 0 Å². The van der Waals surface area contributed by atoms with Crippen molar-refractivity contribution in [2.45, 2.75) is 44.8 Å². The SMILES string of the molecule is CC(N)C(=O)OC1CC[CH]CC1. The molecule has 0 spiro atoms.